The third-order valence-corrected chi connectivity index (χ3v) is 5.03. The van der Waals surface area contributed by atoms with E-state index in [1.807, 2.05) is 20.8 Å². The Labute approximate surface area is 142 Å². The zero-order chi connectivity index (χ0) is 17.1. The molecule has 1 atom stereocenters. The van der Waals surface area contributed by atoms with Crippen LogP contribution in [0.25, 0.3) is 0 Å². The van der Waals surface area contributed by atoms with Crippen LogP contribution in [0.1, 0.15) is 73.9 Å². The molecule has 2 aromatic heterocycles. The van der Waals surface area contributed by atoms with Crippen molar-refractivity contribution in [2.75, 3.05) is 0 Å². The monoisotopic (exact) mass is 330 g/mol. The number of aromatic nitrogens is 5. The van der Waals surface area contributed by atoms with Gasteiger partial charge in [-0.3, -0.25) is 9.89 Å². The number of nitrogens with zero attached hydrogens (tertiary/aromatic N) is 4. The van der Waals surface area contributed by atoms with Crippen LogP contribution in [0.2, 0.25) is 0 Å². The zero-order valence-corrected chi connectivity index (χ0v) is 14.7. The molecular formula is C17H26N6O. The average molecular weight is 330 g/mol. The van der Waals surface area contributed by atoms with Crippen LogP contribution in [0, 0.1) is 13.8 Å². The molecular weight excluding hydrogens is 304 g/mol. The van der Waals surface area contributed by atoms with E-state index in [-0.39, 0.29) is 11.9 Å². The van der Waals surface area contributed by atoms with Crippen molar-refractivity contribution in [1.82, 2.24) is 30.3 Å². The fraction of sp³-hybridized carbons (Fsp3) is 0.647. The molecule has 7 nitrogen and oxygen atoms in total. The fourth-order valence-corrected chi connectivity index (χ4v) is 3.41. The van der Waals surface area contributed by atoms with Crippen LogP contribution >= 0.6 is 0 Å². The van der Waals surface area contributed by atoms with Crippen molar-refractivity contribution in [3.05, 3.63) is 29.1 Å². The number of hydrogen-bond donors (Lipinski definition) is 2. The molecule has 1 unspecified atom stereocenters. The fourth-order valence-electron chi connectivity index (χ4n) is 3.41. The van der Waals surface area contributed by atoms with Gasteiger partial charge < -0.3 is 9.88 Å². The van der Waals surface area contributed by atoms with Crippen molar-refractivity contribution in [3.63, 3.8) is 0 Å². The molecule has 2 heterocycles. The van der Waals surface area contributed by atoms with Gasteiger partial charge in [0.1, 0.15) is 6.33 Å². The van der Waals surface area contributed by atoms with Crippen LogP contribution in [0.3, 0.4) is 0 Å². The molecule has 0 radical (unpaired) electrons. The summed E-state index contributed by atoms with van der Waals surface area (Å²) in [5.74, 6) is 0.866. The summed E-state index contributed by atoms with van der Waals surface area (Å²) in [4.78, 5) is 12.3. The molecule has 2 N–H and O–H groups in total. The zero-order valence-electron chi connectivity index (χ0n) is 14.7. The van der Waals surface area contributed by atoms with Gasteiger partial charge in [-0.1, -0.05) is 12.8 Å². The first-order valence-electron chi connectivity index (χ1n) is 8.75. The predicted molar refractivity (Wildman–Crippen MR) is 90.5 cm³/mol. The van der Waals surface area contributed by atoms with Crippen molar-refractivity contribution in [2.24, 2.45) is 0 Å². The molecule has 0 spiro atoms. The highest BCUT2D eigenvalue weighted by molar-refractivity contribution is 5.76. The van der Waals surface area contributed by atoms with E-state index >= 15 is 0 Å². The summed E-state index contributed by atoms with van der Waals surface area (Å²) in [5, 5.41) is 18.5. The Hall–Kier alpha value is -2.18. The molecule has 24 heavy (non-hydrogen) atoms. The normalized spacial score (nSPS) is 16.5. The van der Waals surface area contributed by atoms with Crippen molar-refractivity contribution in [3.8, 4) is 0 Å². The van der Waals surface area contributed by atoms with Crippen LogP contribution in [0.4, 0.5) is 0 Å². The van der Waals surface area contributed by atoms with E-state index in [1.165, 1.54) is 25.7 Å². The highest BCUT2D eigenvalue weighted by Crippen LogP contribution is 2.31. The van der Waals surface area contributed by atoms with Gasteiger partial charge in [0.25, 0.3) is 0 Å². The van der Waals surface area contributed by atoms with Gasteiger partial charge in [-0.15, -0.1) is 10.2 Å². The first kappa shape index (κ1) is 16.7. The lowest BCUT2D eigenvalue weighted by atomic mass is 10.1. The maximum atomic E-state index is 12.3. The number of aromatic amines is 1. The SMILES string of the molecule is Cc1[nH]nc(CCC(=O)NC(C)c2nncn2C2CCCC2)c1C. The number of hydrogen-bond acceptors (Lipinski definition) is 4. The van der Waals surface area contributed by atoms with Crippen molar-refractivity contribution in [2.45, 2.75) is 71.4 Å². The average Bonchev–Trinajstić information content (AvgIpc) is 3.28. The summed E-state index contributed by atoms with van der Waals surface area (Å²) >= 11 is 0. The summed E-state index contributed by atoms with van der Waals surface area (Å²) in [6.07, 6.45) is 7.71. The Morgan fingerprint density at radius 1 is 1.42 bits per heavy atom. The Kier molecular flexibility index (Phi) is 4.97. The van der Waals surface area contributed by atoms with Gasteiger partial charge in [0.05, 0.1) is 11.7 Å². The number of carbonyl (C=O) groups excluding carboxylic acids is 1. The first-order valence-corrected chi connectivity index (χ1v) is 8.75. The van der Waals surface area contributed by atoms with Gasteiger partial charge in [0, 0.05) is 24.6 Å². The number of rotatable bonds is 6. The lowest BCUT2D eigenvalue weighted by molar-refractivity contribution is -0.121. The van der Waals surface area contributed by atoms with Crippen LogP contribution in [0.5, 0.6) is 0 Å². The van der Waals surface area contributed by atoms with Crippen LogP contribution in [-0.2, 0) is 11.2 Å². The van der Waals surface area contributed by atoms with Gasteiger partial charge in [-0.25, -0.2) is 0 Å². The number of aryl methyl sites for hydroxylation is 2. The quantitative estimate of drug-likeness (QED) is 0.852. The minimum atomic E-state index is -0.136. The van der Waals surface area contributed by atoms with Crippen molar-refractivity contribution in [1.29, 1.82) is 0 Å². The molecule has 0 bridgehead atoms. The molecule has 1 aliphatic carbocycles. The van der Waals surface area contributed by atoms with Gasteiger partial charge in [-0.2, -0.15) is 5.10 Å². The van der Waals surface area contributed by atoms with Gasteiger partial charge in [0.15, 0.2) is 5.82 Å². The summed E-state index contributed by atoms with van der Waals surface area (Å²) in [6, 6.07) is 0.339. The second kappa shape index (κ2) is 7.15. The van der Waals surface area contributed by atoms with E-state index in [0.717, 1.165) is 22.8 Å². The molecule has 0 aromatic carbocycles. The molecule has 0 saturated heterocycles. The molecule has 1 saturated carbocycles. The second-order valence-corrected chi connectivity index (χ2v) is 6.74. The summed E-state index contributed by atoms with van der Waals surface area (Å²) in [5.41, 5.74) is 3.16. The largest absolute Gasteiger partial charge is 0.346 e. The molecule has 1 amide bonds. The smallest absolute Gasteiger partial charge is 0.220 e. The van der Waals surface area contributed by atoms with Crippen LogP contribution in [0.15, 0.2) is 6.33 Å². The van der Waals surface area contributed by atoms with E-state index < -0.39 is 0 Å². The van der Waals surface area contributed by atoms with Gasteiger partial charge >= 0.3 is 0 Å². The molecule has 1 aliphatic rings. The topological polar surface area (TPSA) is 88.5 Å². The molecule has 1 fully saturated rings. The molecule has 2 aromatic rings. The third-order valence-electron chi connectivity index (χ3n) is 5.03. The summed E-state index contributed by atoms with van der Waals surface area (Å²) < 4.78 is 2.14. The van der Waals surface area contributed by atoms with Crippen LogP contribution in [-0.4, -0.2) is 30.9 Å². The standard InChI is InChI=1S/C17H26N6O/c1-11-12(2)20-21-15(11)8-9-16(24)19-13(3)17-22-18-10-23(17)14-6-4-5-7-14/h10,13-14H,4-9H2,1-3H3,(H,19,24)(H,20,21). The number of carbonyl (C=O) groups is 1. The highest BCUT2D eigenvalue weighted by atomic mass is 16.1. The van der Waals surface area contributed by atoms with E-state index in [1.54, 1.807) is 6.33 Å². The maximum Gasteiger partial charge on any atom is 0.220 e. The molecule has 3 rings (SSSR count). The lowest BCUT2D eigenvalue weighted by Crippen LogP contribution is -2.29. The number of nitrogens with one attached hydrogen (secondary N) is 2. The Bertz CT molecular complexity index is 698. The second-order valence-electron chi connectivity index (χ2n) is 6.74. The highest BCUT2D eigenvalue weighted by Gasteiger charge is 2.23. The molecule has 0 aliphatic heterocycles. The Balaban J connectivity index is 1.56. The van der Waals surface area contributed by atoms with E-state index in [2.05, 4.69) is 30.3 Å². The van der Waals surface area contributed by atoms with Gasteiger partial charge in [0.2, 0.25) is 5.91 Å². The first-order chi connectivity index (χ1) is 11.6. The van der Waals surface area contributed by atoms with E-state index in [4.69, 9.17) is 0 Å². The molecule has 7 heteroatoms. The minimum Gasteiger partial charge on any atom is -0.346 e. The summed E-state index contributed by atoms with van der Waals surface area (Å²) in [6.45, 7) is 5.99. The minimum absolute atomic E-state index is 0.0172. The number of amides is 1. The maximum absolute atomic E-state index is 12.3. The van der Waals surface area contributed by atoms with Crippen molar-refractivity contribution >= 4 is 5.91 Å². The van der Waals surface area contributed by atoms with E-state index in [0.29, 0.717) is 18.9 Å². The summed E-state index contributed by atoms with van der Waals surface area (Å²) in [7, 11) is 0. The van der Waals surface area contributed by atoms with Crippen LogP contribution < -0.4 is 5.32 Å². The van der Waals surface area contributed by atoms with Crippen molar-refractivity contribution < 1.29 is 4.79 Å². The predicted octanol–water partition coefficient (Wildman–Crippen LogP) is 2.54. The Morgan fingerprint density at radius 2 is 2.17 bits per heavy atom. The Morgan fingerprint density at radius 3 is 2.83 bits per heavy atom. The van der Waals surface area contributed by atoms with E-state index in [9.17, 15) is 4.79 Å². The third kappa shape index (κ3) is 3.49. The molecule has 130 valence electrons. The number of H-pyrrole nitrogens is 1. The van der Waals surface area contributed by atoms with Gasteiger partial charge in [-0.05, 0) is 39.2 Å². The lowest BCUT2D eigenvalue weighted by Gasteiger charge is -2.18.